The van der Waals surface area contributed by atoms with E-state index in [4.69, 9.17) is 0 Å². The summed E-state index contributed by atoms with van der Waals surface area (Å²) in [6, 6.07) is 17.2. The molecule has 0 aliphatic rings. The van der Waals surface area contributed by atoms with Gasteiger partial charge in [0.25, 0.3) is 0 Å². The minimum absolute atomic E-state index is 0. The summed E-state index contributed by atoms with van der Waals surface area (Å²) in [5.74, 6) is 0. The molecule has 0 saturated heterocycles. The van der Waals surface area contributed by atoms with E-state index in [0.717, 1.165) is 0 Å². The van der Waals surface area contributed by atoms with E-state index in [1.165, 1.54) is 50.3 Å². The van der Waals surface area contributed by atoms with E-state index in [2.05, 4.69) is 45.9 Å². The Labute approximate surface area is 170 Å². The summed E-state index contributed by atoms with van der Waals surface area (Å²) < 4.78 is 0. The first-order valence-corrected chi connectivity index (χ1v) is 13.1. The fourth-order valence-electron chi connectivity index (χ4n) is 3.04. The molecule has 0 amide bonds. The van der Waals surface area contributed by atoms with Crippen LogP contribution in [0.25, 0.3) is 0 Å². The molecule has 0 spiro atoms. The quantitative estimate of drug-likeness (QED) is 0.301. The molecular weight excluding hydrogens is 378 g/mol. The molecule has 2 rings (SSSR count). The van der Waals surface area contributed by atoms with Gasteiger partial charge in [0.1, 0.15) is 0 Å². The molecule has 0 aliphatic carbocycles. The summed E-state index contributed by atoms with van der Waals surface area (Å²) in [4.78, 5) is 0. The molecular formula is C22H36CrP2-6. The molecule has 0 bridgehead atoms. The smallest absolute Gasteiger partial charge is 0 e. The second-order valence-corrected chi connectivity index (χ2v) is 11.1. The Balaban J connectivity index is 0.000000820. The standard InChI is InChI=1S/C17H31P2.C5H5.Cr/c1-5-12-18(13-6-2)16-10-9-11-17(16)19(14-7-3)15-8-4;1-2-4-5-3-1;/h9-11H,5-8,12-15H2,1-4H3;1-5H;/q-1;-5;. The Kier molecular flexibility index (Phi) is 16.3. The molecule has 2 aromatic carbocycles. The molecule has 0 radical (unpaired) electrons. The zero-order chi connectivity index (χ0) is 17.6. The van der Waals surface area contributed by atoms with Crippen LogP contribution in [0.5, 0.6) is 0 Å². The van der Waals surface area contributed by atoms with Gasteiger partial charge in [0.05, 0.1) is 0 Å². The van der Waals surface area contributed by atoms with Gasteiger partial charge in [-0.05, 0) is 24.6 Å². The molecule has 3 heteroatoms. The van der Waals surface area contributed by atoms with Crippen molar-refractivity contribution in [3.63, 3.8) is 0 Å². The number of hydrogen-bond donors (Lipinski definition) is 0. The minimum Gasteiger partial charge on any atom is -0.748 e. The zero-order valence-electron chi connectivity index (χ0n) is 16.6. The Morgan fingerprint density at radius 2 is 1.20 bits per heavy atom. The minimum atomic E-state index is 0. The van der Waals surface area contributed by atoms with Crippen molar-refractivity contribution in [2.45, 2.75) is 53.4 Å². The molecule has 0 heterocycles. The molecule has 0 aliphatic heterocycles. The Hall–Kier alpha value is 0.0925. The van der Waals surface area contributed by atoms with Gasteiger partial charge < -0.3 is 30.3 Å². The van der Waals surface area contributed by atoms with E-state index in [-0.39, 0.29) is 33.2 Å². The van der Waals surface area contributed by atoms with Crippen molar-refractivity contribution in [3.8, 4) is 0 Å². The summed E-state index contributed by atoms with van der Waals surface area (Å²) in [7, 11) is 0.245. The number of rotatable bonds is 10. The van der Waals surface area contributed by atoms with Crippen molar-refractivity contribution in [2.75, 3.05) is 24.6 Å². The van der Waals surface area contributed by atoms with Crippen LogP contribution >= 0.6 is 15.8 Å². The van der Waals surface area contributed by atoms with E-state index in [1.807, 2.05) is 30.3 Å². The van der Waals surface area contributed by atoms with Crippen molar-refractivity contribution >= 4 is 26.5 Å². The summed E-state index contributed by atoms with van der Waals surface area (Å²) in [5.41, 5.74) is 0. The molecule has 0 N–H and O–H groups in total. The van der Waals surface area contributed by atoms with Crippen LogP contribution in [0, 0.1) is 0 Å². The van der Waals surface area contributed by atoms with Crippen LogP contribution in [-0.4, -0.2) is 24.6 Å². The van der Waals surface area contributed by atoms with Gasteiger partial charge in [0.15, 0.2) is 0 Å². The van der Waals surface area contributed by atoms with E-state index >= 15 is 0 Å². The van der Waals surface area contributed by atoms with Crippen LogP contribution in [0.1, 0.15) is 53.4 Å². The Morgan fingerprint density at radius 1 is 0.760 bits per heavy atom. The first-order chi connectivity index (χ1) is 11.8. The van der Waals surface area contributed by atoms with Gasteiger partial charge in [0.2, 0.25) is 0 Å². The van der Waals surface area contributed by atoms with Crippen molar-refractivity contribution in [1.82, 2.24) is 0 Å². The van der Waals surface area contributed by atoms with Gasteiger partial charge in [-0.15, -0.1) is 26.5 Å². The topological polar surface area (TPSA) is 0 Å². The third kappa shape index (κ3) is 9.55. The average Bonchev–Trinajstić information content (AvgIpc) is 3.29. The van der Waals surface area contributed by atoms with Gasteiger partial charge >= 0.3 is 0 Å². The average molecular weight is 414 g/mol. The molecule has 0 nitrogen and oxygen atoms in total. The normalized spacial score (nSPS) is 10.5. The van der Waals surface area contributed by atoms with Crippen molar-refractivity contribution in [1.29, 1.82) is 0 Å². The largest absolute Gasteiger partial charge is 0.748 e. The predicted molar refractivity (Wildman–Crippen MR) is 118 cm³/mol. The molecule has 25 heavy (non-hydrogen) atoms. The van der Waals surface area contributed by atoms with Crippen molar-refractivity contribution in [2.24, 2.45) is 0 Å². The van der Waals surface area contributed by atoms with E-state index in [1.54, 1.807) is 10.6 Å². The monoisotopic (exact) mass is 414 g/mol. The molecule has 0 atom stereocenters. The number of hydrogen-bond acceptors (Lipinski definition) is 0. The van der Waals surface area contributed by atoms with Crippen molar-refractivity contribution < 1.29 is 17.4 Å². The zero-order valence-corrected chi connectivity index (χ0v) is 19.6. The van der Waals surface area contributed by atoms with Crippen LogP contribution in [0.4, 0.5) is 0 Å². The molecule has 0 aromatic heterocycles. The van der Waals surface area contributed by atoms with Gasteiger partial charge in [-0.3, -0.25) is 0 Å². The summed E-state index contributed by atoms with van der Waals surface area (Å²) in [5, 5.41) is 3.54. The molecule has 0 fully saturated rings. The first kappa shape index (κ1) is 25.1. The Morgan fingerprint density at radius 3 is 1.60 bits per heavy atom. The van der Waals surface area contributed by atoms with E-state index in [9.17, 15) is 0 Å². The van der Waals surface area contributed by atoms with Gasteiger partial charge in [-0.2, -0.15) is 6.07 Å². The van der Waals surface area contributed by atoms with Gasteiger partial charge in [0, 0.05) is 17.4 Å². The SMILES string of the molecule is CCCP(CCC)c1ccc[c-]1P(CCC)CCC.[Cr].[cH-]1[cH-][cH-][cH-][cH-]1. The summed E-state index contributed by atoms with van der Waals surface area (Å²) >= 11 is 0. The molecule has 2 aromatic rings. The van der Waals surface area contributed by atoms with Crippen LogP contribution in [0.15, 0.2) is 48.5 Å². The van der Waals surface area contributed by atoms with Crippen LogP contribution in [-0.2, 0) is 17.4 Å². The van der Waals surface area contributed by atoms with Gasteiger partial charge in [-0.1, -0.05) is 53.4 Å². The maximum absolute atomic E-state index is 2.45. The summed E-state index contributed by atoms with van der Waals surface area (Å²) in [6.07, 6.45) is 11.1. The fourth-order valence-corrected chi connectivity index (χ4v) is 8.85. The van der Waals surface area contributed by atoms with E-state index in [0.29, 0.717) is 0 Å². The fraction of sp³-hybridized carbons (Fsp3) is 0.545. The van der Waals surface area contributed by atoms with Crippen LogP contribution in [0.2, 0.25) is 0 Å². The second-order valence-electron chi connectivity index (χ2n) is 6.23. The third-order valence-electron chi connectivity index (χ3n) is 3.98. The van der Waals surface area contributed by atoms with Crippen molar-refractivity contribution in [3.05, 3.63) is 48.5 Å². The second kappa shape index (κ2) is 16.3. The molecule has 0 unspecified atom stereocenters. The summed E-state index contributed by atoms with van der Waals surface area (Å²) in [6.45, 7) is 9.37. The predicted octanol–water partition coefficient (Wildman–Crippen LogP) is 6.66. The van der Waals surface area contributed by atoms with Gasteiger partial charge in [-0.25, -0.2) is 12.1 Å². The molecule has 146 valence electrons. The Bertz CT molecular complexity index is 430. The van der Waals surface area contributed by atoms with Crippen LogP contribution in [0.3, 0.4) is 0 Å². The molecule has 0 saturated carbocycles. The first-order valence-electron chi connectivity index (χ1n) is 9.70. The third-order valence-corrected chi connectivity index (χ3v) is 10.2. The van der Waals surface area contributed by atoms with Crippen LogP contribution < -0.4 is 10.6 Å². The van der Waals surface area contributed by atoms with E-state index < -0.39 is 0 Å². The maximum Gasteiger partial charge on any atom is 0 e. The maximum atomic E-state index is 2.45.